The standard InChI is InChI=1S/C37H44ClN3O8/c1-36(2,3)49-31(42)22-48-40-33(35(43)39-23-37-16-18-41(24-37)19-17-37)29-14-15-30(46-20-25-6-10-27(44-4)11-7-25)34(32(29)38)47-21-26-8-12-28(45-5)13-9-26/h6-15H,16-24H2,1-5H3,(H,39,43)/b40-33+. The lowest BCUT2D eigenvalue weighted by Crippen LogP contribution is -2.40. The molecular formula is C37H44ClN3O8. The Balaban J connectivity index is 1.43. The maximum atomic E-state index is 13.8. The minimum Gasteiger partial charge on any atom is -0.497 e. The number of oxime groups is 1. The third kappa shape index (κ3) is 9.57. The SMILES string of the molecule is COc1ccc(COc2ccc(/C(=N\OCC(=O)OC(C)(C)C)C(=O)NCC34CCN(CC3)C4)c(Cl)c2OCc2ccc(OC)cc2)cc1. The first-order valence-corrected chi connectivity index (χ1v) is 16.6. The molecule has 11 nitrogen and oxygen atoms in total. The molecule has 2 aliphatic heterocycles. The molecular weight excluding hydrogens is 650 g/mol. The maximum Gasteiger partial charge on any atom is 0.347 e. The van der Waals surface area contributed by atoms with E-state index < -0.39 is 24.1 Å². The Morgan fingerprint density at radius 1 is 0.878 bits per heavy atom. The van der Waals surface area contributed by atoms with Crippen LogP contribution in [0.25, 0.3) is 0 Å². The van der Waals surface area contributed by atoms with E-state index >= 15 is 0 Å². The summed E-state index contributed by atoms with van der Waals surface area (Å²) in [6.07, 6.45) is 2.03. The van der Waals surface area contributed by atoms with Gasteiger partial charge in [-0.2, -0.15) is 0 Å². The van der Waals surface area contributed by atoms with Crippen LogP contribution >= 0.6 is 11.6 Å². The molecule has 5 rings (SSSR count). The van der Waals surface area contributed by atoms with Crippen LogP contribution in [0.15, 0.2) is 65.8 Å². The smallest absolute Gasteiger partial charge is 0.347 e. The number of fused-ring (bicyclic) bond motifs is 2. The Morgan fingerprint density at radius 2 is 1.47 bits per heavy atom. The fraction of sp³-hybridized carbons (Fsp3) is 0.432. The summed E-state index contributed by atoms with van der Waals surface area (Å²) in [5.74, 6) is 0.924. The number of amides is 1. The zero-order chi connectivity index (χ0) is 35.0. The van der Waals surface area contributed by atoms with Gasteiger partial charge in [-0.25, -0.2) is 4.79 Å². The molecule has 2 aliphatic rings. The lowest BCUT2D eigenvalue weighted by atomic mass is 9.84. The molecule has 1 N–H and O–H groups in total. The van der Waals surface area contributed by atoms with Crippen molar-refractivity contribution >= 4 is 29.2 Å². The Labute approximate surface area is 292 Å². The van der Waals surface area contributed by atoms with Gasteiger partial charge >= 0.3 is 5.97 Å². The quantitative estimate of drug-likeness (QED) is 0.120. The minimum atomic E-state index is -0.707. The molecule has 49 heavy (non-hydrogen) atoms. The molecule has 2 fully saturated rings. The van der Waals surface area contributed by atoms with E-state index in [-0.39, 0.29) is 40.7 Å². The van der Waals surface area contributed by atoms with Gasteiger partial charge in [-0.3, -0.25) is 4.79 Å². The number of carbonyl (C=O) groups is 2. The van der Waals surface area contributed by atoms with Gasteiger partial charge in [0.1, 0.15) is 30.3 Å². The predicted octanol–water partition coefficient (Wildman–Crippen LogP) is 5.79. The molecule has 0 radical (unpaired) electrons. The highest BCUT2D eigenvalue weighted by Gasteiger charge is 2.43. The number of nitrogens with one attached hydrogen (secondary N) is 1. The lowest BCUT2D eigenvalue weighted by molar-refractivity contribution is -0.160. The zero-order valence-corrected chi connectivity index (χ0v) is 29.4. The number of halogens is 1. The van der Waals surface area contributed by atoms with Gasteiger partial charge in [0.15, 0.2) is 17.2 Å². The highest BCUT2D eigenvalue weighted by molar-refractivity contribution is 6.49. The number of methoxy groups -OCH3 is 2. The number of rotatable bonds is 15. The van der Waals surface area contributed by atoms with Crippen molar-refractivity contribution in [2.24, 2.45) is 10.6 Å². The highest BCUT2D eigenvalue weighted by Crippen LogP contribution is 2.41. The van der Waals surface area contributed by atoms with Gasteiger partial charge < -0.3 is 38.7 Å². The van der Waals surface area contributed by atoms with Crippen molar-refractivity contribution in [3.63, 3.8) is 0 Å². The molecule has 0 unspecified atom stereocenters. The largest absolute Gasteiger partial charge is 0.497 e. The van der Waals surface area contributed by atoms with Crippen LogP contribution in [0.5, 0.6) is 23.0 Å². The molecule has 0 atom stereocenters. The van der Waals surface area contributed by atoms with E-state index in [0.29, 0.717) is 18.0 Å². The maximum absolute atomic E-state index is 13.8. The summed E-state index contributed by atoms with van der Waals surface area (Å²) in [6.45, 7) is 8.62. The number of carbonyl (C=O) groups excluding carboxylic acids is 2. The van der Waals surface area contributed by atoms with E-state index in [2.05, 4.69) is 15.4 Å². The molecule has 262 valence electrons. The molecule has 3 aromatic carbocycles. The average Bonchev–Trinajstić information content (AvgIpc) is 3.70. The van der Waals surface area contributed by atoms with Crippen molar-refractivity contribution in [3.8, 4) is 23.0 Å². The van der Waals surface area contributed by atoms with Gasteiger partial charge in [-0.15, -0.1) is 0 Å². The van der Waals surface area contributed by atoms with Crippen LogP contribution in [0.3, 0.4) is 0 Å². The summed E-state index contributed by atoms with van der Waals surface area (Å²) in [5.41, 5.74) is 1.22. The van der Waals surface area contributed by atoms with E-state index in [0.717, 1.165) is 49.4 Å². The fourth-order valence-corrected chi connectivity index (χ4v) is 6.17. The Bertz CT molecular complexity index is 1630. The van der Waals surface area contributed by atoms with E-state index in [1.165, 1.54) is 0 Å². The molecule has 0 saturated carbocycles. The monoisotopic (exact) mass is 693 g/mol. The van der Waals surface area contributed by atoms with Crippen LogP contribution < -0.4 is 24.3 Å². The van der Waals surface area contributed by atoms with Gasteiger partial charge in [0.25, 0.3) is 5.91 Å². The van der Waals surface area contributed by atoms with Crippen LogP contribution in [-0.4, -0.2) is 75.1 Å². The third-order valence-corrected chi connectivity index (χ3v) is 8.86. The van der Waals surface area contributed by atoms with Crippen molar-refractivity contribution in [1.29, 1.82) is 0 Å². The fourth-order valence-electron chi connectivity index (χ4n) is 5.87. The minimum absolute atomic E-state index is 0.0216. The zero-order valence-electron chi connectivity index (χ0n) is 28.7. The summed E-state index contributed by atoms with van der Waals surface area (Å²) in [6, 6.07) is 18.2. The molecule has 0 spiro atoms. The second-order valence-corrected chi connectivity index (χ2v) is 13.7. The number of esters is 1. The second-order valence-electron chi connectivity index (χ2n) is 13.3. The molecule has 2 saturated heterocycles. The van der Waals surface area contributed by atoms with Crippen LogP contribution in [0.2, 0.25) is 5.02 Å². The van der Waals surface area contributed by atoms with Gasteiger partial charge in [-0.05, 0) is 94.2 Å². The molecule has 0 aliphatic carbocycles. The Morgan fingerprint density at radius 3 is 2.00 bits per heavy atom. The van der Waals surface area contributed by atoms with E-state index in [1.54, 1.807) is 47.1 Å². The summed E-state index contributed by atoms with van der Waals surface area (Å²) in [4.78, 5) is 34.0. The number of hydrogen-bond donors (Lipinski definition) is 1. The molecule has 3 aromatic rings. The summed E-state index contributed by atoms with van der Waals surface area (Å²) >= 11 is 7.05. The van der Waals surface area contributed by atoms with Crippen LogP contribution in [0, 0.1) is 5.41 Å². The summed E-state index contributed by atoms with van der Waals surface area (Å²) in [5, 5.41) is 7.29. The predicted molar refractivity (Wildman–Crippen MR) is 186 cm³/mol. The van der Waals surface area contributed by atoms with E-state index in [9.17, 15) is 9.59 Å². The van der Waals surface area contributed by atoms with Gasteiger partial charge in [0, 0.05) is 24.1 Å². The molecule has 12 heteroatoms. The van der Waals surface area contributed by atoms with E-state index in [1.807, 2.05) is 48.5 Å². The highest BCUT2D eigenvalue weighted by atomic mass is 35.5. The number of nitrogens with zero attached hydrogens (tertiary/aromatic N) is 2. The number of hydrogen-bond acceptors (Lipinski definition) is 10. The van der Waals surface area contributed by atoms with Crippen LogP contribution in [0.4, 0.5) is 0 Å². The topological polar surface area (TPSA) is 117 Å². The number of ether oxygens (including phenoxy) is 5. The number of piperidine rings is 1. The molecule has 2 heterocycles. The van der Waals surface area contributed by atoms with Crippen molar-refractivity contribution in [2.75, 3.05) is 47.0 Å². The summed E-state index contributed by atoms with van der Waals surface area (Å²) in [7, 11) is 3.21. The first kappa shape index (κ1) is 35.8. The first-order chi connectivity index (χ1) is 23.5. The van der Waals surface area contributed by atoms with Crippen LogP contribution in [0.1, 0.15) is 50.3 Å². The van der Waals surface area contributed by atoms with Gasteiger partial charge in [0.05, 0.1) is 19.2 Å². The first-order valence-electron chi connectivity index (χ1n) is 16.2. The molecule has 1 amide bonds. The van der Waals surface area contributed by atoms with Crippen molar-refractivity contribution in [1.82, 2.24) is 10.2 Å². The third-order valence-electron chi connectivity index (χ3n) is 8.48. The lowest BCUT2D eigenvalue weighted by Gasteiger charge is -2.25. The average molecular weight is 694 g/mol. The van der Waals surface area contributed by atoms with Crippen molar-refractivity contribution < 1.29 is 38.1 Å². The normalized spacial score (nSPS) is 18.5. The van der Waals surface area contributed by atoms with Crippen molar-refractivity contribution in [2.45, 2.75) is 52.4 Å². The Hall–Kier alpha value is -4.48. The van der Waals surface area contributed by atoms with Crippen molar-refractivity contribution in [3.05, 3.63) is 82.4 Å². The second kappa shape index (κ2) is 15.8. The van der Waals surface area contributed by atoms with Gasteiger partial charge in [0.2, 0.25) is 6.61 Å². The Kier molecular flexibility index (Phi) is 11.6. The van der Waals surface area contributed by atoms with Gasteiger partial charge in [-0.1, -0.05) is 41.0 Å². The molecule has 0 aromatic heterocycles. The van der Waals surface area contributed by atoms with Crippen LogP contribution in [-0.2, 0) is 32.4 Å². The number of benzene rings is 3. The molecule has 2 bridgehead atoms. The van der Waals surface area contributed by atoms with E-state index in [4.69, 9.17) is 40.1 Å². The summed E-state index contributed by atoms with van der Waals surface area (Å²) < 4.78 is 28.4.